The van der Waals surface area contributed by atoms with Gasteiger partial charge in [0.1, 0.15) is 0 Å². The van der Waals surface area contributed by atoms with Crippen LogP contribution in [0.5, 0.6) is 0 Å². The first-order valence-corrected chi connectivity index (χ1v) is 10.3. The fourth-order valence-corrected chi connectivity index (χ4v) is 4.16. The average molecular weight is 415 g/mol. The van der Waals surface area contributed by atoms with E-state index in [9.17, 15) is 0 Å². The number of hydrogen-bond donors (Lipinski definition) is 0. The first-order valence-electron chi connectivity index (χ1n) is 10.3. The second-order valence-electron chi connectivity index (χ2n) is 7.44. The first kappa shape index (κ1) is 19.5. The molecule has 154 valence electrons. The van der Waals surface area contributed by atoms with Gasteiger partial charge in [-0.1, -0.05) is 38.5 Å². The lowest BCUT2D eigenvalue weighted by molar-refractivity contribution is 1.23. The summed E-state index contributed by atoms with van der Waals surface area (Å²) >= 11 is 0. The van der Waals surface area contributed by atoms with Gasteiger partial charge in [0.2, 0.25) is 0 Å². The lowest BCUT2D eigenvalue weighted by Gasteiger charge is -2.05. The molecule has 0 saturated heterocycles. The first-order chi connectivity index (χ1) is 15.7. The van der Waals surface area contributed by atoms with Crippen LogP contribution in [0.3, 0.4) is 0 Å². The van der Waals surface area contributed by atoms with E-state index in [2.05, 4.69) is 47.6 Å². The van der Waals surface area contributed by atoms with Crippen LogP contribution >= 0.6 is 0 Å². The standard InChI is InChI=1S/C28H22N4/c1-5-19-17-23-13-9-21-11-15-25(29-21)26-16-12-22(30-26)10-14-24-18-20(6-2)28(32(24)8-4)27(19)31(23)7-3/h5-18H,1-4H2. The molecule has 0 fully saturated rings. The van der Waals surface area contributed by atoms with E-state index >= 15 is 0 Å². The molecule has 3 aromatic rings. The van der Waals surface area contributed by atoms with E-state index in [0.29, 0.717) is 0 Å². The molecule has 0 unspecified atom stereocenters. The number of aromatic nitrogens is 4. The van der Waals surface area contributed by atoms with Gasteiger partial charge in [-0.3, -0.25) is 0 Å². The maximum Gasteiger partial charge on any atom is 0.0894 e. The van der Waals surface area contributed by atoms with E-state index in [0.717, 1.165) is 56.0 Å². The zero-order valence-electron chi connectivity index (χ0n) is 17.7. The number of hydrogen-bond acceptors (Lipinski definition) is 2. The maximum absolute atomic E-state index is 4.72. The Bertz CT molecular complexity index is 1420. The molecular weight excluding hydrogens is 392 g/mol. The van der Waals surface area contributed by atoms with Crippen molar-refractivity contribution in [1.82, 2.24) is 19.1 Å². The minimum atomic E-state index is 0.855. The molecular formula is C28H22N4. The molecule has 0 radical (unpaired) electrons. The van der Waals surface area contributed by atoms with Crippen molar-refractivity contribution in [2.75, 3.05) is 0 Å². The summed E-state index contributed by atoms with van der Waals surface area (Å²) in [5.41, 5.74) is 9.32. The molecule has 4 heteroatoms. The quantitative estimate of drug-likeness (QED) is 0.315. The number of fused-ring (bicyclic) bond motifs is 10. The molecule has 32 heavy (non-hydrogen) atoms. The van der Waals surface area contributed by atoms with Crippen LogP contribution < -0.4 is 0 Å². The molecule has 0 spiro atoms. The minimum Gasteiger partial charge on any atom is -0.315 e. The van der Waals surface area contributed by atoms with Crippen molar-refractivity contribution in [3.05, 3.63) is 96.6 Å². The summed E-state index contributed by atoms with van der Waals surface area (Å²) < 4.78 is 4.12. The zero-order valence-corrected chi connectivity index (χ0v) is 17.7. The fourth-order valence-electron chi connectivity index (χ4n) is 4.16. The van der Waals surface area contributed by atoms with Crippen LogP contribution in [0.4, 0.5) is 0 Å². The third-order valence-corrected chi connectivity index (χ3v) is 5.66. The largest absolute Gasteiger partial charge is 0.315 e. The predicted molar refractivity (Wildman–Crippen MR) is 139 cm³/mol. The molecule has 2 aliphatic heterocycles. The Morgan fingerprint density at radius 3 is 1.41 bits per heavy atom. The van der Waals surface area contributed by atoms with Crippen LogP contribution in [0.15, 0.2) is 62.7 Å². The van der Waals surface area contributed by atoms with Gasteiger partial charge in [0.05, 0.1) is 33.8 Å². The van der Waals surface area contributed by atoms with Crippen LogP contribution in [0, 0.1) is 0 Å². The zero-order chi connectivity index (χ0) is 22.2. The Kier molecular flexibility index (Phi) is 4.68. The summed E-state index contributed by atoms with van der Waals surface area (Å²) in [4.78, 5) is 9.43. The van der Waals surface area contributed by atoms with E-state index in [1.54, 1.807) is 0 Å². The van der Waals surface area contributed by atoms with Gasteiger partial charge in [-0.25, -0.2) is 9.97 Å². The minimum absolute atomic E-state index is 0.855. The summed E-state index contributed by atoms with van der Waals surface area (Å²) in [7, 11) is 0. The maximum atomic E-state index is 4.72. The van der Waals surface area contributed by atoms with Crippen molar-refractivity contribution in [3.8, 4) is 0 Å². The molecule has 0 aromatic carbocycles. The molecule has 8 bridgehead atoms. The molecule has 3 aromatic heterocycles. The monoisotopic (exact) mass is 414 g/mol. The van der Waals surface area contributed by atoms with E-state index in [4.69, 9.17) is 9.97 Å². The van der Waals surface area contributed by atoms with Gasteiger partial charge < -0.3 is 9.13 Å². The molecule has 0 amide bonds. The topological polar surface area (TPSA) is 35.6 Å². The summed E-state index contributed by atoms with van der Waals surface area (Å²) in [5, 5.41) is 0. The van der Waals surface area contributed by atoms with Gasteiger partial charge in [0, 0.05) is 34.6 Å². The summed E-state index contributed by atoms with van der Waals surface area (Å²) in [6, 6.07) is 12.3. The smallest absolute Gasteiger partial charge is 0.0894 e. The van der Waals surface area contributed by atoms with E-state index in [1.807, 2.05) is 73.1 Å². The average Bonchev–Trinajstić information content (AvgIpc) is 3.58. The van der Waals surface area contributed by atoms with Crippen LogP contribution in [0.1, 0.15) is 33.9 Å². The van der Waals surface area contributed by atoms with Crippen molar-refractivity contribution < 1.29 is 0 Å². The highest BCUT2D eigenvalue weighted by Gasteiger charge is 2.13. The van der Waals surface area contributed by atoms with E-state index in [1.165, 1.54) is 0 Å². The Morgan fingerprint density at radius 1 is 0.594 bits per heavy atom. The molecule has 5 heterocycles. The Balaban J connectivity index is 2.05. The highest BCUT2D eigenvalue weighted by molar-refractivity contribution is 5.98. The fraction of sp³-hybridized carbons (Fsp3) is 0. The molecule has 5 rings (SSSR count). The number of nitrogens with zero attached hydrogens (tertiary/aromatic N) is 4. The summed E-state index contributed by atoms with van der Waals surface area (Å²) in [6.45, 7) is 16.2. The van der Waals surface area contributed by atoms with Crippen LogP contribution in [-0.4, -0.2) is 19.1 Å². The molecule has 4 nitrogen and oxygen atoms in total. The van der Waals surface area contributed by atoms with Crippen LogP contribution in [-0.2, 0) is 0 Å². The third kappa shape index (κ3) is 3.01. The highest BCUT2D eigenvalue weighted by atomic mass is 15.0. The van der Waals surface area contributed by atoms with Gasteiger partial charge in [-0.2, -0.15) is 0 Å². The lowest BCUT2D eigenvalue weighted by atomic mass is 10.2. The number of rotatable bonds is 4. The molecule has 0 aliphatic carbocycles. The van der Waals surface area contributed by atoms with E-state index in [-0.39, 0.29) is 0 Å². The third-order valence-electron chi connectivity index (χ3n) is 5.66. The second kappa shape index (κ2) is 7.67. The van der Waals surface area contributed by atoms with Gasteiger partial charge in [0.15, 0.2) is 0 Å². The van der Waals surface area contributed by atoms with Crippen LogP contribution in [0.25, 0.3) is 70.9 Å². The van der Waals surface area contributed by atoms with Crippen molar-refractivity contribution in [2.45, 2.75) is 0 Å². The molecule has 0 atom stereocenters. The van der Waals surface area contributed by atoms with Gasteiger partial charge >= 0.3 is 0 Å². The van der Waals surface area contributed by atoms with Crippen molar-refractivity contribution in [2.24, 2.45) is 0 Å². The van der Waals surface area contributed by atoms with Gasteiger partial charge in [-0.05, 0) is 60.7 Å². The Hall–Kier alpha value is -4.44. The van der Waals surface area contributed by atoms with Crippen molar-refractivity contribution in [3.63, 3.8) is 0 Å². The second-order valence-corrected chi connectivity index (χ2v) is 7.44. The normalized spacial score (nSPS) is 12.0. The van der Waals surface area contributed by atoms with E-state index < -0.39 is 0 Å². The molecule has 0 N–H and O–H groups in total. The lowest BCUT2D eigenvalue weighted by Crippen LogP contribution is -1.91. The van der Waals surface area contributed by atoms with Crippen molar-refractivity contribution in [1.29, 1.82) is 0 Å². The Morgan fingerprint density at radius 2 is 1.03 bits per heavy atom. The van der Waals surface area contributed by atoms with Gasteiger partial charge in [-0.15, -0.1) is 0 Å². The molecule has 0 saturated carbocycles. The van der Waals surface area contributed by atoms with Crippen LogP contribution in [0.2, 0.25) is 0 Å². The molecule has 2 aliphatic rings. The SMILES string of the molecule is C=Cc1cc2ccc3nc(c4nc(ccc5cc(C=C)c(c1n2C=C)n5C=C)C=C4)C=C3. The summed E-state index contributed by atoms with van der Waals surface area (Å²) in [6.07, 6.45) is 15.3. The highest BCUT2D eigenvalue weighted by Crippen LogP contribution is 2.30. The van der Waals surface area contributed by atoms with Crippen molar-refractivity contribution >= 4 is 70.9 Å². The summed E-state index contributed by atoms with van der Waals surface area (Å²) in [5.74, 6) is 0. The Labute approximate surface area is 186 Å². The predicted octanol–water partition coefficient (Wildman–Crippen LogP) is 7.09. The van der Waals surface area contributed by atoms with Gasteiger partial charge in [0.25, 0.3) is 0 Å².